The first-order valence-electron chi connectivity index (χ1n) is 12.7. The number of carbonyl (C=O) groups is 1. The number of hydrogen-bond donors (Lipinski definition) is 2. The number of hydrogen-bond acceptors (Lipinski definition) is 8. The number of ether oxygens (including phenoxy) is 1. The molecule has 0 bridgehead atoms. The highest BCUT2D eigenvalue weighted by Gasteiger charge is 2.25. The lowest BCUT2D eigenvalue weighted by Crippen LogP contribution is -2.30. The van der Waals surface area contributed by atoms with Gasteiger partial charge in [0.25, 0.3) is 5.91 Å². The maximum absolute atomic E-state index is 13.3. The molecule has 1 aromatic carbocycles. The summed E-state index contributed by atoms with van der Waals surface area (Å²) in [6.07, 6.45) is 6.51. The summed E-state index contributed by atoms with van der Waals surface area (Å²) in [6.45, 7) is 5.04. The molecule has 5 heterocycles. The Hall–Kier alpha value is -4.61. The monoisotopic (exact) mass is 556 g/mol. The molecule has 1 fully saturated rings. The van der Waals surface area contributed by atoms with Crippen LogP contribution in [-0.4, -0.2) is 48.4 Å². The van der Waals surface area contributed by atoms with Gasteiger partial charge in [-0.2, -0.15) is 5.10 Å². The molecule has 3 N–H and O–H groups in total. The van der Waals surface area contributed by atoms with Crippen LogP contribution in [0.4, 0.5) is 11.5 Å². The molecule has 0 spiro atoms. The quantitative estimate of drug-likeness (QED) is 0.314. The zero-order valence-electron chi connectivity index (χ0n) is 21.7. The SMILES string of the molecule is CC(C)n1cc(-c2ccc(Cl)cn2)c(=O)c(C(=O)Nc2ccc(-c3cn(C4COC4)c4ncnc(N)c34)cc2)n1. The Balaban J connectivity index is 1.31. The maximum atomic E-state index is 13.3. The smallest absolute Gasteiger partial charge is 0.280 e. The van der Waals surface area contributed by atoms with Gasteiger partial charge in [0.15, 0.2) is 5.69 Å². The number of halogens is 1. The van der Waals surface area contributed by atoms with Gasteiger partial charge in [-0.3, -0.25) is 19.3 Å². The third-order valence-electron chi connectivity index (χ3n) is 6.79. The molecular weight excluding hydrogens is 532 g/mol. The lowest BCUT2D eigenvalue weighted by Gasteiger charge is -2.27. The minimum absolute atomic E-state index is 0.0949. The zero-order chi connectivity index (χ0) is 28.0. The van der Waals surface area contributed by atoms with Gasteiger partial charge in [0.1, 0.15) is 17.8 Å². The van der Waals surface area contributed by atoms with Crippen LogP contribution in [0.25, 0.3) is 33.4 Å². The van der Waals surface area contributed by atoms with E-state index in [1.54, 1.807) is 35.1 Å². The molecule has 0 radical (unpaired) electrons. The van der Waals surface area contributed by atoms with Gasteiger partial charge in [0.2, 0.25) is 5.43 Å². The normalized spacial score (nSPS) is 13.5. The Morgan fingerprint density at radius 3 is 2.50 bits per heavy atom. The van der Waals surface area contributed by atoms with Crippen LogP contribution in [-0.2, 0) is 4.74 Å². The fourth-order valence-electron chi connectivity index (χ4n) is 4.55. The number of fused-ring (bicyclic) bond motifs is 1. The first-order chi connectivity index (χ1) is 19.3. The summed E-state index contributed by atoms with van der Waals surface area (Å²) >= 11 is 5.96. The highest BCUT2D eigenvalue weighted by molar-refractivity contribution is 6.30. The highest BCUT2D eigenvalue weighted by atomic mass is 35.5. The van der Waals surface area contributed by atoms with Crippen molar-refractivity contribution in [2.75, 3.05) is 24.3 Å². The predicted molar refractivity (Wildman–Crippen MR) is 152 cm³/mol. The summed E-state index contributed by atoms with van der Waals surface area (Å²) in [4.78, 5) is 39.4. The minimum atomic E-state index is -0.623. The van der Waals surface area contributed by atoms with Crippen LogP contribution < -0.4 is 16.5 Å². The van der Waals surface area contributed by atoms with Crippen LogP contribution in [0, 0.1) is 0 Å². The number of nitrogens with zero attached hydrogens (tertiary/aromatic N) is 6. The summed E-state index contributed by atoms with van der Waals surface area (Å²) in [6, 6.07) is 10.6. The van der Waals surface area contributed by atoms with Gasteiger partial charge in [-0.25, -0.2) is 9.97 Å². The number of anilines is 2. The third kappa shape index (κ3) is 4.59. The van der Waals surface area contributed by atoms with Crippen molar-refractivity contribution in [1.29, 1.82) is 0 Å². The topological polar surface area (TPSA) is 143 Å². The van der Waals surface area contributed by atoms with E-state index in [9.17, 15) is 9.59 Å². The molecule has 0 aliphatic carbocycles. The van der Waals surface area contributed by atoms with Gasteiger partial charge >= 0.3 is 0 Å². The number of aromatic nitrogens is 6. The summed E-state index contributed by atoms with van der Waals surface area (Å²) in [5.41, 5.74) is 9.14. The molecule has 0 atom stereocenters. The average molecular weight is 557 g/mol. The Labute approximate surface area is 233 Å². The van der Waals surface area contributed by atoms with E-state index >= 15 is 0 Å². The number of nitrogen functional groups attached to an aromatic ring is 1. The molecule has 1 amide bonds. The summed E-state index contributed by atoms with van der Waals surface area (Å²) in [7, 11) is 0. The van der Waals surface area contributed by atoms with Crippen molar-refractivity contribution in [3.05, 3.63) is 82.3 Å². The number of nitrogens with one attached hydrogen (secondary N) is 1. The molecule has 11 nitrogen and oxygen atoms in total. The van der Waals surface area contributed by atoms with Crippen molar-refractivity contribution in [2.45, 2.75) is 25.9 Å². The Bertz CT molecular complexity index is 1790. The molecule has 1 aliphatic heterocycles. The van der Waals surface area contributed by atoms with Crippen molar-refractivity contribution >= 4 is 40.0 Å². The van der Waals surface area contributed by atoms with Gasteiger partial charge in [-0.1, -0.05) is 23.7 Å². The molecule has 6 rings (SSSR count). The second-order valence-electron chi connectivity index (χ2n) is 9.79. The Morgan fingerprint density at radius 2 is 1.85 bits per heavy atom. The average Bonchev–Trinajstić information content (AvgIpc) is 3.29. The number of amides is 1. The fourth-order valence-corrected chi connectivity index (χ4v) is 4.66. The number of pyridine rings is 1. The van der Waals surface area contributed by atoms with Crippen LogP contribution in [0.5, 0.6) is 0 Å². The summed E-state index contributed by atoms with van der Waals surface area (Å²) < 4.78 is 9.00. The van der Waals surface area contributed by atoms with Crippen LogP contribution >= 0.6 is 11.6 Å². The molecule has 0 unspecified atom stereocenters. The van der Waals surface area contributed by atoms with E-state index in [2.05, 4.69) is 29.9 Å². The lowest BCUT2D eigenvalue weighted by atomic mass is 10.1. The predicted octanol–water partition coefficient (Wildman–Crippen LogP) is 4.36. The molecule has 40 heavy (non-hydrogen) atoms. The maximum Gasteiger partial charge on any atom is 0.280 e. The van der Waals surface area contributed by atoms with Gasteiger partial charge in [0, 0.05) is 35.9 Å². The number of nitrogens with two attached hydrogens (primary N) is 1. The van der Waals surface area contributed by atoms with Crippen LogP contribution in [0.1, 0.15) is 36.4 Å². The zero-order valence-corrected chi connectivity index (χ0v) is 22.5. The van der Waals surface area contributed by atoms with E-state index < -0.39 is 11.3 Å². The second-order valence-corrected chi connectivity index (χ2v) is 10.2. The van der Waals surface area contributed by atoms with E-state index in [1.807, 2.05) is 32.2 Å². The molecule has 0 saturated carbocycles. The van der Waals surface area contributed by atoms with Crippen molar-refractivity contribution < 1.29 is 9.53 Å². The molecule has 5 aromatic rings. The van der Waals surface area contributed by atoms with Gasteiger partial charge in [-0.05, 0) is 43.7 Å². The third-order valence-corrected chi connectivity index (χ3v) is 7.01. The van der Waals surface area contributed by atoms with Gasteiger partial charge < -0.3 is 20.4 Å². The molecule has 12 heteroatoms. The number of rotatable bonds is 6. The molecule has 4 aromatic heterocycles. The first kappa shape index (κ1) is 25.7. The first-order valence-corrected chi connectivity index (χ1v) is 13.0. The molecule has 1 aliphatic rings. The van der Waals surface area contributed by atoms with Crippen LogP contribution in [0.15, 0.2) is 66.1 Å². The summed E-state index contributed by atoms with van der Waals surface area (Å²) in [5.74, 6) is -0.235. The Morgan fingerprint density at radius 1 is 1.07 bits per heavy atom. The highest BCUT2D eigenvalue weighted by Crippen LogP contribution is 2.36. The van der Waals surface area contributed by atoms with E-state index in [0.29, 0.717) is 35.4 Å². The van der Waals surface area contributed by atoms with E-state index in [0.717, 1.165) is 22.2 Å². The van der Waals surface area contributed by atoms with Crippen molar-refractivity contribution in [3.63, 3.8) is 0 Å². The van der Waals surface area contributed by atoms with Gasteiger partial charge in [0.05, 0.1) is 40.9 Å². The van der Waals surface area contributed by atoms with Crippen LogP contribution in [0.2, 0.25) is 5.02 Å². The van der Waals surface area contributed by atoms with E-state index in [1.165, 1.54) is 12.5 Å². The fraction of sp³-hybridized carbons (Fsp3) is 0.214. The lowest BCUT2D eigenvalue weighted by molar-refractivity contribution is -0.0215. The number of carbonyl (C=O) groups excluding carboxylic acids is 1. The van der Waals surface area contributed by atoms with Crippen molar-refractivity contribution in [3.8, 4) is 22.4 Å². The van der Waals surface area contributed by atoms with Crippen molar-refractivity contribution in [1.82, 2.24) is 29.3 Å². The van der Waals surface area contributed by atoms with Crippen LogP contribution in [0.3, 0.4) is 0 Å². The Kier molecular flexibility index (Phi) is 6.53. The standard InChI is InChI=1S/C28H25ClN8O3/c1-15(2)37-11-21(22-8-5-17(29)9-31-22)25(38)24(35-37)28(39)34-18-6-3-16(4-7-18)20-10-36(19-12-40-13-19)27-23(20)26(30)32-14-33-27/h3-11,14-15,19H,12-13H2,1-2H3,(H,34,39)(H2,30,32,33). The molecule has 202 valence electrons. The second kappa shape index (κ2) is 10.2. The minimum Gasteiger partial charge on any atom is -0.383 e. The summed E-state index contributed by atoms with van der Waals surface area (Å²) in [5, 5.41) is 8.31. The largest absolute Gasteiger partial charge is 0.383 e. The molecule has 1 saturated heterocycles. The van der Waals surface area contributed by atoms with Gasteiger partial charge in [-0.15, -0.1) is 0 Å². The molecular formula is C28H25ClN8O3. The van der Waals surface area contributed by atoms with E-state index in [-0.39, 0.29) is 23.3 Å². The van der Waals surface area contributed by atoms with E-state index in [4.69, 9.17) is 22.1 Å². The van der Waals surface area contributed by atoms with Crippen molar-refractivity contribution in [2.24, 2.45) is 0 Å². The number of benzene rings is 1.